The Kier molecular flexibility index (Phi) is 2.34. The van der Waals surface area contributed by atoms with Crippen LogP contribution < -0.4 is 11.5 Å². The first kappa shape index (κ1) is 8.33. The molecule has 1 saturated carbocycles. The predicted molar refractivity (Wildman–Crippen MR) is 44.3 cm³/mol. The molecule has 0 heterocycles. The van der Waals surface area contributed by atoms with Gasteiger partial charge in [-0.25, -0.2) is 4.99 Å². The molecule has 0 aromatic rings. The molecule has 4 heteroatoms. The number of guanidine groups is 1. The Labute approximate surface area is 66.6 Å². The lowest BCUT2D eigenvalue weighted by Gasteiger charge is -2.37. The minimum absolute atomic E-state index is 0.0897. The van der Waals surface area contributed by atoms with Gasteiger partial charge in [0.1, 0.15) is 0 Å². The van der Waals surface area contributed by atoms with Crippen LogP contribution in [0.15, 0.2) is 4.99 Å². The zero-order chi connectivity index (χ0) is 8.32. The van der Waals surface area contributed by atoms with Crippen LogP contribution in [0, 0.1) is 0 Å². The molecular formula is C7H15N3O. The molecule has 4 N–H and O–H groups in total. The van der Waals surface area contributed by atoms with Crippen molar-refractivity contribution < 1.29 is 4.74 Å². The molecule has 0 saturated heterocycles. The number of hydrogen-bond donors (Lipinski definition) is 2. The van der Waals surface area contributed by atoms with E-state index in [4.69, 9.17) is 16.2 Å². The van der Waals surface area contributed by atoms with E-state index in [1.54, 1.807) is 7.11 Å². The predicted octanol–water partition coefficient (Wildman–Crippen LogP) is -0.171. The Morgan fingerprint density at radius 2 is 2.18 bits per heavy atom. The van der Waals surface area contributed by atoms with Crippen molar-refractivity contribution in [3.8, 4) is 0 Å². The average Bonchev–Trinajstić information content (AvgIpc) is 1.82. The third-order valence-corrected chi connectivity index (χ3v) is 2.06. The molecule has 0 bridgehead atoms. The number of aliphatic imine (C=N–C) groups is 1. The molecule has 0 atom stereocenters. The van der Waals surface area contributed by atoms with Gasteiger partial charge in [-0.15, -0.1) is 0 Å². The van der Waals surface area contributed by atoms with Gasteiger partial charge in [0.25, 0.3) is 0 Å². The standard InChI is InChI=1S/C7H15N3O/c1-11-5-7(3-2-4-7)10-6(8)9/h2-5H2,1H3,(H4,8,9,10). The molecule has 0 unspecified atom stereocenters. The molecule has 11 heavy (non-hydrogen) atoms. The summed E-state index contributed by atoms with van der Waals surface area (Å²) < 4.78 is 5.03. The Hall–Kier alpha value is -0.770. The van der Waals surface area contributed by atoms with Gasteiger partial charge in [0.05, 0.1) is 12.1 Å². The molecule has 0 radical (unpaired) electrons. The summed E-state index contributed by atoms with van der Waals surface area (Å²) in [6.45, 7) is 0.630. The smallest absolute Gasteiger partial charge is 0.186 e. The highest BCUT2D eigenvalue weighted by atomic mass is 16.5. The maximum atomic E-state index is 5.29. The van der Waals surface area contributed by atoms with Crippen molar-refractivity contribution in [1.29, 1.82) is 0 Å². The van der Waals surface area contributed by atoms with Crippen LogP contribution in [0.2, 0.25) is 0 Å². The Morgan fingerprint density at radius 1 is 1.55 bits per heavy atom. The fraction of sp³-hybridized carbons (Fsp3) is 0.857. The second-order valence-electron chi connectivity index (χ2n) is 3.05. The van der Waals surface area contributed by atoms with E-state index in [1.807, 2.05) is 0 Å². The van der Waals surface area contributed by atoms with Gasteiger partial charge in [-0.2, -0.15) is 0 Å². The zero-order valence-electron chi connectivity index (χ0n) is 6.84. The van der Waals surface area contributed by atoms with Gasteiger partial charge in [0.2, 0.25) is 0 Å². The minimum atomic E-state index is -0.0897. The van der Waals surface area contributed by atoms with E-state index in [0.717, 1.165) is 12.8 Å². The summed E-state index contributed by atoms with van der Waals surface area (Å²) in [6.07, 6.45) is 3.28. The number of rotatable bonds is 3. The molecule has 1 fully saturated rings. The lowest BCUT2D eigenvalue weighted by Crippen LogP contribution is -2.43. The van der Waals surface area contributed by atoms with E-state index in [2.05, 4.69) is 4.99 Å². The van der Waals surface area contributed by atoms with Crippen molar-refractivity contribution in [2.75, 3.05) is 13.7 Å². The third-order valence-electron chi connectivity index (χ3n) is 2.06. The van der Waals surface area contributed by atoms with E-state index < -0.39 is 0 Å². The Morgan fingerprint density at radius 3 is 2.45 bits per heavy atom. The monoisotopic (exact) mass is 157 g/mol. The van der Waals surface area contributed by atoms with E-state index in [-0.39, 0.29) is 11.5 Å². The molecule has 0 spiro atoms. The van der Waals surface area contributed by atoms with Crippen molar-refractivity contribution in [2.45, 2.75) is 24.8 Å². The highest BCUT2D eigenvalue weighted by molar-refractivity contribution is 5.76. The minimum Gasteiger partial charge on any atom is -0.382 e. The highest BCUT2D eigenvalue weighted by Crippen LogP contribution is 2.35. The van der Waals surface area contributed by atoms with Gasteiger partial charge >= 0.3 is 0 Å². The molecule has 0 amide bonds. The summed E-state index contributed by atoms with van der Waals surface area (Å²) in [6, 6.07) is 0. The highest BCUT2D eigenvalue weighted by Gasteiger charge is 2.36. The van der Waals surface area contributed by atoms with Gasteiger partial charge in [-0.3, -0.25) is 0 Å². The molecule has 4 nitrogen and oxygen atoms in total. The van der Waals surface area contributed by atoms with Gasteiger partial charge < -0.3 is 16.2 Å². The van der Waals surface area contributed by atoms with Crippen LogP contribution in [0.3, 0.4) is 0 Å². The molecule has 0 aromatic carbocycles. The fourth-order valence-corrected chi connectivity index (χ4v) is 1.42. The number of nitrogens with two attached hydrogens (primary N) is 2. The largest absolute Gasteiger partial charge is 0.382 e. The molecule has 1 aliphatic rings. The van der Waals surface area contributed by atoms with Gasteiger partial charge in [-0.05, 0) is 19.3 Å². The summed E-state index contributed by atoms with van der Waals surface area (Å²) in [5, 5.41) is 0. The second-order valence-corrected chi connectivity index (χ2v) is 3.05. The van der Waals surface area contributed by atoms with E-state index in [1.165, 1.54) is 6.42 Å². The normalized spacial score (nSPS) is 20.5. The van der Waals surface area contributed by atoms with Crippen molar-refractivity contribution in [1.82, 2.24) is 0 Å². The third kappa shape index (κ3) is 1.83. The van der Waals surface area contributed by atoms with E-state index in [9.17, 15) is 0 Å². The van der Waals surface area contributed by atoms with Crippen LogP contribution in [0.4, 0.5) is 0 Å². The summed E-state index contributed by atoms with van der Waals surface area (Å²) in [7, 11) is 1.67. The van der Waals surface area contributed by atoms with Crippen LogP contribution in [0.1, 0.15) is 19.3 Å². The van der Waals surface area contributed by atoms with E-state index >= 15 is 0 Å². The summed E-state index contributed by atoms with van der Waals surface area (Å²) in [4.78, 5) is 4.15. The van der Waals surface area contributed by atoms with Crippen LogP contribution in [-0.4, -0.2) is 25.2 Å². The first-order valence-electron chi connectivity index (χ1n) is 3.78. The summed E-state index contributed by atoms with van der Waals surface area (Å²) in [5.41, 5.74) is 10.5. The number of hydrogen-bond acceptors (Lipinski definition) is 2. The molecule has 0 aromatic heterocycles. The topological polar surface area (TPSA) is 73.6 Å². The second kappa shape index (κ2) is 3.09. The number of nitrogens with zero attached hydrogens (tertiary/aromatic N) is 1. The molecule has 1 aliphatic carbocycles. The van der Waals surface area contributed by atoms with Crippen LogP contribution in [-0.2, 0) is 4.74 Å². The fourth-order valence-electron chi connectivity index (χ4n) is 1.42. The van der Waals surface area contributed by atoms with E-state index in [0.29, 0.717) is 6.61 Å². The Bertz CT molecular complexity index is 159. The number of ether oxygens (including phenoxy) is 1. The van der Waals surface area contributed by atoms with Crippen molar-refractivity contribution in [3.63, 3.8) is 0 Å². The SMILES string of the molecule is COCC1(N=C(N)N)CCC1. The first-order chi connectivity index (χ1) is 5.18. The molecule has 64 valence electrons. The van der Waals surface area contributed by atoms with Crippen LogP contribution in [0.25, 0.3) is 0 Å². The van der Waals surface area contributed by atoms with Crippen molar-refractivity contribution >= 4 is 5.96 Å². The molecule has 0 aliphatic heterocycles. The van der Waals surface area contributed by atoms with Crippen LogP contribution >= 0.6 is 0 Å². The molecule has 1 rings (SSSR count). The van der Waals surface area contributed by atoms with Crippen molar-refractivity contribution in [2.24, 2.45) is 16.5 Å². The zero-order valence-corrected chi connectivity index (χ0v) is 6.84. The summed E-state index contributed by atoms with van der Waals surface area (Å²) >= 11 is 0. The van der Waals surface area contributed by atoms with Gasteiger partial charge in [0, 0.05) is 7.11 Å². The average molecular weight is 157 g/mol. The van der Waals surface area contributed by atoms with Crippen molar-refractivity contribution in [3.05, 3.63) is 0 Å². The Balaban J connectivity index is 2.53. The first-order valence-corrected chi connectivity index (χ1v) is 3.78. The lowest BCUT2D eigenvalue weighted by atomic mass is 9.78. The van der Waals surface area contributed by atoms with Gasteiger partial charge in [-0.1, -0.05) is 0 Å². The maximum absolute atomic E-state index is 5.29. The quantitative estimate of drug-likeness (QED) is 0.441. The van der Waals surface area contributed by atoms with Gasteiger partial charge in [0.15, 0.2) is 5.96 Å². The molecular weight excluding hydrogens is 142 g/mol. The lowest BCUT2D eigenvalue weighted by molar-refractivity contribution is 0.0863. The maximum Gasteiger partial charge on any atom is 0.186 e. The summed E-state index contributed by atoms with van der Waals surface area (Å²) in [5.74, 6) is 0.168. The number of methoxy groups -OCH3 is 1. The van der Waals surface area contributed by atoms with Crippen LogP contribution in [0.5, 0.6) is 0 Å².